The third-order valence-electron chi connectivity index (χ3n) is 3.44. The highest BCUT2D eigenvalue weighted by atomic mass is 19.2. The molecule has 1 aromatic carbocycles. The van der Waals surface area contributed by atoms with Crippen LogP contribution in [0.5, 0.6) is 0 Å². The van der Waals surface area contributed by atoms with Gasteiger partial charge in [-0.1, -0.05) is 25.1 Å². The predicted octanol–water partition coefficient (Wildman–Crippen LogP) is 3.43. The van der Waals surface area contributed by atoms with E-state index < -0.39 is 11.6 Å². The third kappa shape index (κ3) is 3.02. The average Bonchev–Trinajstić information content (AvgIpc) is 2.49. The number of halogens is 2. The zero-order valence-corrected chi connectivity index (χ0v) is 11.7. The van der Waals surface area contributed by atoms with Crippen molar-refractivity contribution < 1.29 is 8.78 Å². The van der Waals surface area contributed by atoms with Crippen molar-refractivity contribution in [2.75, 3.05) is 7.05 Å². The Balaban J connectivity index is 2.31. The van der Waals surface area contributed by atoms with E-state index in [4.69, 9.17) is 0 Å². The Morgan fingerprint density at radius 2 is 1.90 bits per heavy atom. The van der Waals surface area contributed by atoms with Gasteiger partial charge < -0.3 is 5.32 Å². The van der Waals surface area contributed by atoms with Crippen LogP contribution >= 0.6 is 0 Å². The van der Waals surface area contributed by atoms with E-state index >= 15 is 0 Å². The molecular formula is C16H18F2N2. The largest absolute Gasteiger partial charge is 0.311 e. The Morgan fingerprint density at radius 3 is 2.60 bits per heavy atom. The standard InChI is InChI=1S/C16H18F2N2/c1-3-11-7-5-9-20-16(11)14(19-2)10-12-6-4-8-13(17)15(12)18/h4-9,14,19H,3,10H2,1-2H3. The van der Waals surface area contributed by atoms with Crippen LogP contribution in [0.15, 0.2) is 36.5 Å². The normalized spacial score (nSPS) is 12.4. The highest BCUT2D eigenvalue weighted by molar-refractivity contribution is 5.27. The fourth-order valence-corrected chi connectivity index (χ4v) is 2.33. The number of nitrogens with zero attached hydrogens (tertiary/aromatic N) is 1. The molecule has 0 spiro atoms. The van der Waals surface area contributed by atoms with Crippen molar-refractivity contribution in [1.82, 2.24) is 10.3 Å². The molecule has 2 rings (SSSR count). The van der Waals surface area contributed by atoms with E-state index in [1.807, 2.05) is 12.1 Å². The Bertz CT molecular complexity index is 584. The Hall–Kier alpha value is -1.81. The van der Waals surface area contributed by atoms with Crippen LogP contribution in [0.2, 0.25) is 0 Å². The summed E-state index contributed by atoms with van der Waals surface area (Å²) in [4.78, 5) is 4.39. The van der Waals surface area contributed by atoms with E-state index in [2.05, 4.69) is 17.2 Å². The van der Waals surface area contributed by atoms with E-state index in [0.717, 1.165) is 23.7 Å². The fourth-order valence-electron chi connectivity index (χ4n) is 2.33. The van der Waals surface area contributed by atoms with Gasteiger partial charge in [-0.05, 0) is 43.1 Å². The summed E-state index contributed by atoms with van der Waals surface area (Å²) in [6.07, 6.45) is 2.94. The third-order valence-corrected chi connectivity index (χ3v) is 3.44. The van der Waals surface area contributed by atoms with E-state index in [1.165, 1.54) is 6.07 Å². The van der Waals surface area contributed by atoms with E-state index in [-0.39, 0.29) is 6.04 Å². The quantitative estimate of drug-likeness (QED) is 0.905. The first kappa shape index (κ1) is 14.6. The van der Waals surface area contributed by atoms with Crippen LogP contribution in [-0.4, -0.2) is 12.0 Å². The van der Waals surface area contributed by atoms with Gasteiger partial charge in [0, 0.05) is 6.20 Å². The minimum atomic E-state index is -0.811. The Labute approximate surface area is 117 Å². The highest BCUT2D eigenvalue weighted by Gasteiger charge is 2.18. The second-order valence-corrected chi connectivity index (χ2v) is 4.66. The smallest absolute Gasteiger partial charge is 0.162 e. The fraction of sp³-hybridized carbons (Fsp3) is 0.312. The van der Waals surface area contributed by atoms with Crippen molar-refractivity contribution in [3.8, 4) is 0 Å². The number of pyridine rings is 1. The lowest BCUT2D eigenvalue weighted by molar-refractivity contribution is 0.484. The summed E-state index contributed by atoms with van der Waals surface area (Å²) in [5.41, 5.74) is 2.36. The summed E-state index contributed by atoms with van der Waals surface area (Å²) in [6.45, 7) is 2.05. The molecule has 0 aliphatic heterocycles. The number of hydrogen-bond donors (Lipinski definition) is 1. The number of likely N-dealkylation sites (N-methyl/N-ethyl adjacent to an activating group) is 1. The van der Waals surface area contributed by atoms with Crippen LogP contribution in [0.25, 0.3) is 0 Å². The molecule has 106 valence electrons. The van der Waals surface area contributed by atoms with Gasteiger partial charge >= 0.3 is 0 Å². The minimum absolute atomic E-state index is 0.137. The number of hydrogen-bond acceptors (Lipinski definition) is 2. The summed E-state index contributed by atoms with van der Waals surface area (Å²) in [7, 11) is 1.80. The number of aryl methyl sites for hydroxylation is 1. The molecule has 0 bridgehead atoms. The summed E-state index contributed by atoms with van der Waals surface area (Å²) in [5.74, 6) is -1.59. The van der Waals surface area contributed by atoms with Gasteiger partial charge in [-0.25, -0.2) is 8.78 Å². The van der Waals surface area contributed by atoms with Gasteiger partial charge in [-0.15, -0.1) is 0 Å². The monoisotopic (exact) mass is 276 g/mol. The van der Waals surface area contributed by atoms with Crippen LogP contribution in [-0.2, 0) is 12.8 Å². The van der Waals surface area contributed by atoms with Gasteiger partial charge in [-0.3, -0.25) is 4.98 Å². The molecule has 0 radical (unpaired) electrons. The molecule has 20 heavy (non-hydrogen) atoms. The first-order valence-corrected chi connectivity index (χ1v) is 6.71. The van der Waals surface area contributed by atoms with Crippen LogP contribution in [0, 0.1) is 11.6 Å². The molecule has 0 saturated carbocycles. The number of nitrogens with one attached hydrogen (secondary N) is 1. The molecule has 0 aliphatic carbocycles. The molecule has 1 heterocycles. The van der Waals surface area contributed by atoms with Crippen molar-refractivity contribution in [1.29, 1.82) is 0 Å². The Kier molecular flexibility index (Phi) is 4.79. The molecule has 0 saturated heterocycles. The SMILES string of the molecule is CCc1cccnc1C(Cc1cccc(F)c1F)NC. The molecule has 0 amide bonds. The summed E-state index contributed by atoms with van der Waals surface area (Å²) < 4.78 is 27.0. The van der Waals surface area contributed by atoms with Gasteiger partial charge in [0.2, 0.25) is 0 Å². The summed E-state index contributed by atoms with van der Waals surface area (Å²) in [5, 5.41) is 3.14. The summed E-state index contributed by atoms with van der Waals surface area (Å²) >= 11 is 0. The lowest BCUT2D eigenvalue weighted by Crippen LogP contribution is -2.22. The van der Waals surface area contributed by atoms with E-state index in [9.17, 15) is 8.78 Å². The van der Waals surface area contributed by atoms with Crippen molar-refractivity contribution in [3.63, 3.8) is 0 Å². The van der Waals surface area contributed by atoms with Crippen molar-refractivity contribution >= 4 is 0 Å². The zero-order chi connectivity index (χ0) is 14.5. The molecule has 1 atom stereocenters. The first-order chi connectivity index (χ1) is 9.67. The number of rotatable bonds is 5. The lowest BCUT2D eigenvalue weighted by Gasteiger charge is -2.19. The second kappa shape index (κ2) is 6.57. The van der Waals surface area contributed by atoms with Gasteiger partial charge in [0.1, 0.15) is 0 Å². The van der Waals surface area contributed by atoms with Gasteiger partial charge in [0.05, 0.1) is 11.7 Å². The van der Waals surface area contributed by atoms with E-state index in [0.29, 0.717) is 12.0 Å². The molecule has 4 heteroatoms. The maximum Gasteiger partial charge on any atom is 0.162 e. The number of benzene rings is 1. The van der Waals surface area contributed by atoms with Crippen LogP contribution in [0.3, 0.4) is 0 Å². The highest BCUT2D eigenvalue weighted by Crippen LogP contribution is 2.22. The molecule has 1 aromatic heterocycles. The molecule has 0 fully saturated rings. The van der Waals surface area contributed by atoms with Crippen LogP contribution < -0.4 is 5.32 Å². The maximum atomic E-state index is 13.8. The van der Waals surface area contributed by atoms with Crippen molar-refractivity contribution in [2.24, 2.45) is 0 Å². The van der Waals surface area contributed by atoms with Crippen molar-refractivity contribution in [2.45, 2.75) is 25.8 Å². The molecule has 2 nitrogen and oxygen atoms in total. The molecular weight excluding hydrogens is 258 g/mol. The minimum Gasteiger partial charge on any atom is -0.311 e. The topological polar surface area (TPSA) is 24.9 Å². The van der Waals surface area contributed by atoms with Gasteiger partial charge in [0.25, 0.3) is 0 Å². The van der Waals surface area contributed by atoms with E-state index in [1.54, 1.807) is 19.3 Å². The maximum absolute atomic E-state index is 13.8. The zero-order valence-electron chi connectivity index (χ0n) is 11.7. The molecule has 0 aliphatic rings. The predicted molar refractivity (Wildman–Crippen MR) is 75.5 cm³/mol. The average molecular weight is 276 g/mol. The lowest BCUT2D eigenvalue weighted by atomic mass is 9.98. The molecule has 1 unspecified atom stereocenters. The summed E-state index contributed by atoms with van der Waals surface area (Å²) in [6, 6.07) is 8.02. The first-order valence-electron chi connectivity index (χ1n) is 6.71. The molecule has 2 aromatic rings. The van der Waals surface area contributed by atoms with Crippen molar-refractivity contribution in [3.05, 3.63) is 65.0 Å². The molecule has 1 N–H and O–H groups in total. The number of aromatic nitrogens is 1. The van der Waals surface area contributed by atoms with Gasteiger partial charge in [0.15, 0.2) is 11.6 Å². The van der Waals surface area contributed by atoms with Crippen LogP contribution in [0.4, 0.5) is 8.78 Å². The Morgan fingerprint density at radius 1 is 1.15 bits per heavy atom. The second-order valence-electron chi connectivity index (χ2n) is 4.66. The van der Waals surface area contributed by atoms with Gasteiger partial charge in [-0.2, -0.15) is 0 Å². The van der Waals surface area contributed by atoms with Crippen LogP contribution in [0.1, 0.15) is 29.8 Å².